The van der Waals surface area contributed by atoms with E-state index in [1.807, 2.05) is 11.6 Å². The van der Waals surface area contributed by atoms with Gasteiger partial charge in [0, 0.05) is 11.3 Å². The van der Waals surface area contributed by atoms with E-state index in [-0.39, 0.29) is 11.5 Å². The Balaban J connectivity index is 1.78. The van der Waals surface area contributed by atoms with E-state index in [1.54, 1.807) is 11.8 Å². The standard InChI is InChI=1S/C24H34N2O2S/c1-17-11-14-20(15-12-17)29-22-18(2)25-26(24(3,4)5)23(22)28-21(27)16-13-19-9-7-6-8-10-19/h11-12,14-15,19H,6-10,13,16H2,1-5H3. The van der Waals surface area contributed by atoms with Crippen molar-refractivity contribution in [2.45, 2.75) is 94.9 Å². The highest BCUT2D eigenvalue weighted by Crippen LogP contribution is 2.40. The van der Waals surface area contributed by atoms with Crippen molar-refractivity contribution in [2.24, 2.45) is 5.92 Å². The number of hydrogen-bond donors (Lipinski definition) is 0. The van der Waals surface area contributed by atoms with Crippen LogP contribution in [-0.4, -0.2) is 15.7 Å². The molecule has 1 aliphatic carbocycles. The van der Waals surface area contributed by atoms with Gasteiger partial charge >= 0.3 is 5.97 Å². The molecule has 158 valence electrons. The van der Waals surface area contributed by atoms with Crippen molar-refractivity contribution in [3.05, 3.63) is 35.5 Å². The maximum absolute atomic E-state index is 12.7. The van der Waals surface area contributed by atoms with Crippen molar-refractivity contribution in [3.8, 4) is 5.88 Å². The van der Waals surface area contributed by atoms with Gasteiger partial charge in [0.15, 0.2) is 0 Å². The quantitative estimate of drug-likeness (QED) is 0.495. The third-order valence-electron chi connectivity index (χ3n) is 5.53. The number of aromatic nitrogens is 2. The van der Waals surface area contributed by atoms with Gasteiger partial charge in [0.05, 0.1) is 16.1 Å². The maximum Gasteiger partial charge on any atom is 0.312 e. The Morgan fingerprint density at radius 2 is 1.79 bits per heavy atom. The van der Waals surface area contributed by atoms with Crippen molar-refractivity contribution in [3.63, 3.8) is 0 Å². The first-order valence-electron chi connectivity index (χ1n) is 10.8. The number of carbonyl (C=O) groups excluding carboxylic acids is 1. The highest BCUT2D eigenvalue weighted by Gasteiger charge is 2.27. The number of aryl methyl sites for hydroxylation is 2. The fourth-order valence-electron chi connectivity index (χ4n) is 3.83. The number of hydrogen-bond acceptors (Lipinski definition) is 4. The molecule has 0 amide bonds. The summed E-state index contributed by atoms with van der Waals surface area (Å²) in [6.45, 7) is 10.3. The molecule has 0 saturated heterocycles. The Hall–Kier alpha value is -1.75. The van der Waals surface area contributed by atoms with E-state index in [0.29, 0.717) is 18.2 Å². The second kappa shape index (κ2) is 9.38. The molecule has 2 aromatic rings. The third-order valence-corrected chi connectivity index (χ3v) is 6.72. The van der Waals surface area contributed by atoms with Crippen LogP contribution in [0.3, 0.4) is 0 Å². The minimum atomic E-state index is -0.268. The highest BCUT2D eigenvalue weighted by molar-refractivity contribution is 7.99. The van der Waals surface area contributed by atoms with E-state index < -0.39 is 0 Å². The Labute approximate surface area is 179 Å². The number of carbonyl (C=O) groups is 1. The van der Waals surface area contributed by atoms with E-state index in [1.165, 1.54) is 37.7 Å². The predicted octanol–water partition coefficient (Wildman–Crippen LogP) is 6.67. The summed E-state index contributed by atoms with van der Waals surface area (Å²) < 4.78 is 7.81. The molecule has 4 nitrogen and oxygen atoms in total. The van der Waals surface area contributed by atoms with Gasteiger partial charge in [-0.3, -0.25) is 4.79 Å². The Kier molecular flexibility index (Phi) is 7.10. The Morgan fingerprint density at radius 3 is 2.41 bits per heavy atom. The van der Waals surface area contributed by atoms with Crippen molar-refractivity contribution in [1.29, 1.82) is 0 Å². The summed E-state index contributed by atoms with van der Waals surface area (Å²) in [7, 11) is 0. The van der Waals surface area contributed by atoms with Crippen molar-refractivity contribution >= 4 is 17.7 Å². The molecule has 0 spiro atoms. The molecular formula is C24H34N2O2S. The Morgan fingerprint density at radius 1 is 1.14 bits per heavy atom. The lowest BCUT2D eigenvalue weighted by atomic mass is 9.86. The van der Waals surface area contributed by atoms with Crippen LogP contribution >= 0.6 is 11.8 Å². The normalized spacial score (nSPS) is 15.5. The molecule has 1 heterocycles. The van der Waals surface area contributed by atoms with Crippen LogP contribution in [0, 0.1) is 19.8 Å². The summed E-state index contributed by atoms with van der Waals surface area (Å²) in [4.78, 5) is 14.8. The molecule has 1 aromatic heterocycles. The molecule has 0 unspecified atom stereocenters. The van der Waals surface area contributed by atoms with Crippen LogP contribution in [-0.2, 0) is 10.3 Å². The lowest BCUT2D eigenvalue weighted by Gasteiger charge is -2.23. The average Bonchev–Trinajstić information content (AvgIpc) is 2.99. The van der Waals surface area contributed by atoms with E-state index in [4.69, 9.17) is 9.84 Å². The summed E-state index contributed by atoms with van der Waals surface area (Å²) in [6, 6.07) is 8.40. The molecular weight excluding hydrogens is 380 g/mol. The minimum absolute atomic E-state index is 0.147. The van der Waals surface area contributed by atoms with Crippen molar-refractivity contribution < 1.29 is 9.53 Å². The maximum atomic E-state index is 12.7. The van der Waals surface area contributed by atoms with Gasteiger partial charge < -0.3 is 4.74 Å². The fraction of sp³-hybridized carbons (Fsp3) is 0.583. The molecule has 0 N–H and O–H groups in total. The van der Waals surface area contributed by atoms with Gasteiger partial charge in [-0.1, -0.05) is 61.6 Å². The molecule has 0 radical (unpaired) electrons. The Bertz CT molecular complexity index is 828. The predicted molar refractivity (Wildman–Crippen MR) is 119 cm³/mol. The molecule has 1 saturated carbocycles. The van der Waals surface area contributed by atoms with Gasteiger partial charge in [-0.2, -0.15) is 5.10 Å². The van der Waals surface area contributed by atoms with Gasteiger partial charge in [0.25, 0.3) is 0 Å². The minimum Gasteiger partial charge on any atom is -0.406 e. The lowest BCUT2D eigenvalue weighted by molar-refractivity contribution is -0.135. The van der Waals surface area contributed by atoms with Crippen LogP contribution in [0.25, 0.3) is 0 Å². The zero-order valence-corrected chi connectivity index (χ0v) is 19.3. The summed E-state index contributed by atoms with van der Waals surface area (Å²) in [5.74, 6) is 1.10. The zero-order chi connectivity index (χ0) is 21.0. The second-order valence-electron chi connectivity index (χ2n) is 9.23. The third kappa shape index (κ3) is 5.88. The number of benzene rings is 1. The first-order chi connectivity index (χ1) is 13.7. The van der Waals surface area contributed by atoms with Crippen LogP contribution in [0.2, 0.25) is 0 Å². The van der Waals surface area contributed by atoms with Gasteiger partial charge in [-0.25, -0.2) is 4.68 Å². The molecule has 0 bridgehead atoms. The fourth-order valence-corrected chi connectivity index (χ4v) is 4.75. The van der Waals surface area contributed by atoms with Crippen LogP contribution < -0.4 is 4.74 Å². The number of ether oxygens (including phenoxy) is 1. The van der Waals surface area contributed by atoms with Gasteiger partial charge in [-0.05, 0) is 59.1 Å². The SMILES string of the molecule is Cc1ccc(Sc2c(C)nn(C(C)(C)C)c2OC(=O)CCC2CCCCC2)cc1. The smallest absolute Gasteiger partial charge is 0.312 e. The zero-order valence-electron chi connectivity index (χ0n) is 18.5. The van der Waals surface area contributed by atoms with E-state index in [2.05, 4.69) is 52.0 Å². The lowest BCUT2D eigenvalue weighted by Crippen LogP contribution is -2.25. The van der Waals surface area contributed by atoms with E-state index >= 15 is 0 Å². The molecule has 5 heteroatoms. The first kappa shape index (κ1) is 21.9. The number of rotatable bonds is 6. The van der Waals surface area contributed by atoms with Crippen LogP contribution in [0.15, 0.2) is 34.1 Å². The summed E-state index contributed by atoms with van der Waals surface area (Å²) >= 11 is 1.61. The molecule has 1 aliphatic rings. The largest absolute Gasteiger partial charge is 0.406 e. The van der Waals surface area contributed by atoms with E-state index in [9.17, 15) is 4.79 Å². The van der Waals surface area contributed by atoms with Gasteiger partial charge in [-0.15, -0.1) is 0 Å². The molecule has 0 aliphatic heterocycles. The molecule has 3 rings (SSSR count). The number of esters is 1. The van der Waals surface area contributed by atoms with Crippen LogP contribution in [0.5, 0.6) is 5.88 Å². The second-order valence-corrected chi connectivity index (χ2v) is 10.3. The molecule has 29 heavy (non-hydrogen) atoms. The summed E-state index contributed by atoms with van der Waals surface area (Å²) in [5, 5.41) is 4.72. The first-order valence-corrected chi connectivity index (χ1v) is 11.6. The summed E-state index contributed by atoms with van der Waals surface area (Å²) in [5.41, 5.74) is 1.85. The number of nitrogens with zero attached hydrogens (tertiary/aromatic N) is 2. The molecule has 1 aromatic carbocycles. The van der Waals surface area contributed by atoms with Gasteiger partial charge in [0.1, 0.15) is 0 Å². The topological polar surface area (TPSA) is 44.1 Å². The van der Waals surface area contributed by atoms with Crippen molar-refractivity contribution in [2.75, 3.05) is 0 Å². The van der Waals surface area contributed by atoms with Crippen molar-refractivity contribution in [1.82, 2.24) is 9.78 Å². The molecule has 1 fully saturated rings. The highest BCUT2D eigenvalue weighted by atomic mass is 32.2. The molecule has 0 atom stereocenters. The van der Waals surface area contributed by atoms with E-state index in [0.717, 1.165) is 21.9 Å². The van der Waals surface area contributed by atoms with Gasteiger partial charge in [0.2, 0.25) is 5.88 Å². The average molecular weight is 415 g/mol. The summed E-state index contributed by atoms with van der Waals surface area (Å²) in [6.07, 6.45) is 7.85. The monoisotopic (exact) mass is 414 g/mol. The van der Waals surface area contributed by atoms with Crippen LogP contribution in [0.1, 0.15) is 77.0 Å². The van der Waals surface area contributed by atoms with Crippen LogP contribution in [0.4, 0.5) is 0 Å².